The standard InChI is InChI=1S/C23H28N2O/c1-7-16-11-18-13(2)19-12-17-9-8-10-24-20(17)14(3)22(19)26-23(18)15(4)21(16)25(5)6/h11-12H,7-10H2,1-6H3/p+1. The predicted molar refractivity (Wildman–Crippen MR) is 110 cm³/mol. The van der Waals surface area contributed by atoms with Gasteiger partial charge in [-0.25, -0.2) is 4.58 Å². The summed E-state index contributed by atoms with van der Waals surface area (Å²) in [5.74, 6) is 1.02. The molecule has 0 aromatic heterocycles. The Balaban J connectivity index is 2.20. The van der Waals surface area contributed by atoms with Crippen molar-refractivity contribution >= 4 is 16.7 Å². The summed E-state index contributed by atoms with van der Waals surface area (Å²) in [7, 11) is 4.24. The van der Waals surface area contributed by atoms with Crippen molar-refractivity contribution in [1.29, 1.82) is 0 Å². The second-order valence-electron chi connectivity index (χ2n) is 7.80. The average Bonchev–Trinajstić information content (AvgIpc) is 2.63. The van der Waals surface area contributed by atoms with Gasteiger partial charge in [0.2, 0.25) is 5.36 Å². The van der Waals surface area contributed by atoms with Gasteiger partial charge < -0.3 is 9.73 Å². The first-order valence-corrected chi connectivity index (χ1v) is 9.70. The van der Waals surface area contributed by atoms with E-state index in [1.165, 1.54) is 56.2 Å². The maximum absolute atomic E-state index is 6.58. The van der Waals surface area contributed by atoms with Crippen molar-refractivity contribution in [3.05, 3.63) is 45.3 Å². The molecule has 0 radical (unpaired) electrons. The highest BCUT2D eigenvalue weighted by Gasteiger charge is 2.23. The fourth-order valence-corrected chi connectivity index (χ4v) is 4.62. The van der Waals surface area contributed by atoms with Crippen LogP contribution in [0.5, 0.6) is 0 Å². The molecular formula is C23H29N2O+. The normalized spacial score (nSPS) is 13.8. The first kappa shape index (κ1) is 17.1. The summed E-state index contributed by atoms with van der Waals surface area (Å²) in [5, 5.41) is 6.13. The van der Waals surface area contributed by atoms with Crippen molar-refractivity contribution in [2.45, 2.75) is 47.0 Å². The zero-order valence-electron chi connectivity index (χ0n) is 16.8. The number of rotatable bonds is 1. The Morgan fingerprint density at radius 2 is 1.85 bits per heavy atom. The van der Waals surface area contributed by atoms with Crippen molar-refractivity contribution in [1.82, 2.24) is 4.58 Å². The van der Waals surface area contributed by atoms with Crippen LogP contribution in [0.15, 0.2) is 16.5 Å². The van der Waals surface area contributed by atoms with Crippen molar-refractivity contribution in [3.63, 3.8) is 0 Å². The molecule has 0 saturated heterocycles. The molecule has 1 aromatic carbocycles. The van der Waals surface area contributed by atoms with E-state index in [0.717, 1.165) is 30.7 Å². The van der Waals surface area contributed by atoms with Crippen LogP contribution in [-0.4, -0.2) is 20.6 Å². The number of hydrogen-bond donors (Lipinski definition) is 1. The molecule has 0 bridgehead atoms. The van der Waals surface area contributed by atoms with Gasteiger partial charge in [-0.1, -0.05) is 6.92 Å². The molecule has 136 valence electrons. The van der Waals surface area contributed by atoms with Gasteiger partial charge in [-0.05, 0) is 63.3 Å². The molecule has 4 rings (SSSR count). The summed E-state index contributed by atoms with van der Waals surface area (Å²) in [6.45, 7) is 9.91. The Bertz CT molecular complexity index is 1070. The summed E-state index contributed by atoms with van der Waals surface area (Å²) in [5.41, 5.74) is 10.2. The second-order valence-corrected chi connectivity index (χ2v) is 7.80. The van der Waals surface area contributed by atoms with Crippen molar-refractivity contribution in [3.8, 4) is 11.3 Å². The van der Waals surface area contributed by atoms with E-state index in [1.807, 2.05) is 0 Å². The Morgan fingerprint density at radius 3 is 2.54 bits per heavy atom. The van der Waals surface area contributed by atoms with E-state index in [1.54, 1.807) is 0 Å². The van der Waals surface area contributed by atoms with Gasteiger partial charge in [-0.3, -0.25) is 0 Å². The van der Waals surface area contributed by atoms with Crippen LogP contribution in [0.1, 0.15) is 41.2 Å². The van der Waals surface area contributed by atoms with Crippen molar-refractivity contribution in [2.24, 2.45) is 0 Å². The number of hydrogen-bond acceptors (Lipinski definition) is 2. The molecule has 1 N–H and O–H groups in total. The van der Waals surface area contributed by atoms with Crippen LogP contribution in [0, 0.1) is 20.8 Å². The van der Waals surface area contributed by atoms with Crippen LogP contribution in [0.3, 0.4) is 0 Å². The monoisotopic (exact) mass is 349 g/mol. The number of fused-ring (bicyclic) bond motifs is 3. The number of aryl methyl sites for hydroxylation is 4. The van der Waals surface area contributed by atoms with Crippen LogP contribution in [-0.2, 0) is 12.8 Å². The first-order chi connectivity index (χ1) is 12.4. The molecule has 0 fully saturated rings. The smallest absolute Gasteiger partial charge is 0.209 e. The lowest BCUT2D eigenvalue weighted by atomic mass is 9.90. The molecule has 1 aromatic rings. The SMILES string of the molecule is CCc1cc2c(C)c3cc4c(c(C)c3oc-2c(C)c1=[N+](C)C)NCCC4. The Kier molecular flexibility index (Phi) is 4.06. The minimum Gasteiger partial charge on any atom is -0.455 e. The largest absolute Gasteiger partial charge is 0.455 e. The van der Waals surface area contributed by atoms with E-state index in [2.05, 4.69) is 63.8 Å². The number of benzene rings is 2. The summed E-state index contributed by atoms with van der Waals surface area (Å²) in [6, 6.07) is 4.69. The first-order valence-electron chi connectivity index (χ1n) is 9.70. The third kappa shape index (κ3) is 2.37. The van der Waals surface area contributed by atoms with Gasteiger partial charge in [0.05, 0.1) is 5.56 Å². The average molecular weight is 349 g/mol. The van der Waals surface area contributed by atoms with Gasteiger partial charge in [0.15, 0.2) is 0 Å². The topological polar surface area (TPSA) is 28.2 Å². The van der Waals surface area contributed by atoms with E-state index in [-0.39, 0.29) is 0 Å². The number of anilines is 1. The Hall–Kier alpha value is -2.29. The predicted octanol–water partition coefficient (Wildman–Crippen LogP) is 4.42. The van der Waals surface area contributed by atoms with Crippen LogP contribution >= 0.6 is 0 Å². The third-order valence-corrected chi connectivity index (χ3v) is 5.93. The van der Waals surface area contributed by atoms with E-state index in [9.17, 15) is 0 Å². The maximum atomic E-state index is 6.58. The van der Waals surface area contributed by atoms with Gasteiger partial charge in [0, 0.05) is 34.3 Å². The Labute approximate surface area is 155 Å². The van der Waals surface area contributed by atoms with Crippen LogP contribution < -0.4 is 15.2 Å². The molecule has 0 unspecified atom stereocenters. The molecule has 2 aliphatic heterocycles. The summed E-state index contributed by atoms with van der Waals surface area (Å²) >= 11 is 0. The minimum absolute atomic E-state index is 1.02. The lowest BCUT2D eigenvalue weighted by molar-refractivity contribution is 0.606. The Morgan fingerprint density at radius 1 is 1.08 bits per heavy atom. The molecule has 26 heavy (non-hydrogen) atoms. The van der Waals surface area contributed by atoms with E-state index in [0.29, 0.717) is 0 Å². The zero-order chi connectivity index (χ0) is 18.6. The van der Waals surface area contributed by atoms with Gasteiger partial charge in [-0.15, -0.1) is 0 Å². The molecule has 0 amide bonds. The van der Waals surface area contributed by atoms with Crippen molar-refractivity contribution < 1.29 is 4.42 Å². The van der Waals surface area contributed by atoms with Gasteiger partial charge in [-0.2, -0.15) is 0 Å². The van der Waals surface area contributed by atoms with E-state index < -0.39 is 0 Å². The van der Waals surface area contributed by atoms with Gasteiger partial charge in [0.25, 0.3) is 0 Å². The molecule has 3 aliphatic rings. The third-order valence-electron chi connectivity index (χ3n) is 5.93. The van der Waals surface area contributed by atoms with E-state index >= 15 is 0 Å². The summed E-state index contributed by atoms with van der Waals surface area (Å²) in [4.78, 5) is 0. The summed E-state index contributed by atoms with van der Waals surface area (Å²) < 4.78 is 8.79. The molecular weight excluding hydrogens is 320 g/mol. The second kappa shape index (κ2) is 6.15. The van der Waals surface area contributed by atoms with Crippen LogP contribution in [0.4, 0.5) is 5.69 Å². The maximum Gasteiger partial charge on any atom is 0.209 e. The fraction of sp³-hybridized carbons (Fsp3) is 0.435. The lowest BCUT2D eigenvalue weighted by Gasteiger charge is -2.23. The molecule has 0 saturated carbocycles. The van der Waals surface area contributed by atoms with Gasteiger partial charge in [0.1, 0.15) is 25.4 Å². The zero-order valence-corrected chi connectivity index (χ0v) is 16.8. The highest BCUT2D eigenvalue weighted by molar-refractivity contribution is 5.94. The quantitative estimate of drug-likeness (QED) is 0.520. The molecule has 0 spiro atoms. The molecule has 2 heterocycles. The summed E-state index contributed by atoms with van der Waals surface area (Å²) in [6.07, 6.45) is 3.37. The van der Waals surface area contributed by atoms with Crippen LogP contribution in [0.25, 0.3) is 22.3 Å². The highest BCUT2D eigenvalue weighted by Crippen LogP contribution is 2.40. The highest BCUT2D eigenvalue weighted by atomic mass is 16.3. The molecule has 3 nitrogen and oxygen atoms in total. The number of nitrogens with zero attached hydrogens (tertiary/aromatic N) is 1. The minimum atomic E-state index is 1.02. The number of nitrogens with one attached hydrogen (secondary N) is 1. The van der Waals surface area contributed by atoms with Gasteiger partial charge >= 0.3 is 0 Å². The molecule has 3 heteroatoms. The molecule has 0 atom stereocenters. The van der Waals surface area contributed by atoms with E-state index in [4.69, 9.17) is 4.42 Å². The van der Waals surface area contributed by atoms with Crippen molar-refractivity contribution in [2.75, 3.05) is 26.0 Å². The van der Waals surface area contributed by atoms with Crippen LogP contribution in [0.2, 0.25) is 0 Å². The molecule has 1 aliphatic carbocycles. The fourth-order valence-electron chi connectivity index (χ4n) is 4.62. The lowest BCUT2D eigenvalue weighted by Crippen LogP contribution is -2.29.